The molecule has 12 heavy (non-hydrogen) atoms. The molecule has 0 aliphatic rings. The van der Waals surface area contributed by atoms with E-state index in [2.05, 4.69) is 24.6 Å². The molecule has 0 aliphatic carbocycles. The van der Waals surface area contributed by atoms with Gasteiger partial charge in [0.1, 0.15) is 0 Å². The summed E-state index contributed by atoms with van der Waals surface area (Å²) in [6, 6.07) is 0. The number of hydrogen-bond donors (Lipinski definition) is 0. The highest BCUT2D eigenvalue weighted by Crippen LogP contribution is 2.01. The molecule has 68 valence electrons. The van der Waals surface area contributed by atoms with Gasteiger partial charge in [-0.1, -0.05) is 32.4 Å². The van der Waals surface area contributed by atoms with Crippen LogP contribution >= 0.6 is 0 Å². The zero-order chi connectivity index (χ0) is 9.40. The predicted molar refractivity (Wildman–Crippen MR) is 56.6 cm³/mol. The topological polar surface area (TPSA) is 12.4 Å². The average Bonchev–Trinajstić information content (AvgIpc) is 2.01. The summed E-state index contributed by atoms with van der Waals surface area (Å²) in [6.07, 6.45) is 7.60. The Bertz CT molecular complexity index is 187. The Morgan fingerprint density at radius 2 is 2.08 bits per heavy atom. The molecule has 0 bridgehead atoms. The largest absolute Gasteiger partial charge is 0.262 e. The summed E-state index contributed by atoms with van der Waals surface area (Å²) in [6.45, 7) is 9.91. The first-order chi connectivity index (χ1) is 5.66. The third-order valence-corrected chi connectivity index (χ3v) is 1.49. The van der Waals surface area contributed by atoms with Gasteiger partial charge >= 0.3 is 0 Å². The van der Waals surface area contributed by atoms with Crippen LogP contribution in [0.1, 0.15) is 40.0 Å². The van der Waals surface area contributed by atoms with Gasteiger partial charge in [-0.05, 0) is 25.8 Å². The van der Waals surface area contributed by atoms with Gasteiger partial charge in [0, 0.05) is 11.9 Å². The molecule has 0 N–H and O–H groups in total. The fraction of sp³-hybridized carbons (Fsp3) is 0.545. The molecule has 0 heterocycles. The van der Waals surface area contributed by atoms with Crippen LogP contribution in [-0.4, -0.2) is 6.21 Å². The van der Waals surface area contributed by atoms with E-state index in [0.717, 1.165) is 17.7 Å². The molecule has 0 saturated carbocycles. The van der Waals surface area contributed by atoms with E-state index >= 15 is 0 Å². The molecule has 0 aromatic rings. The second kappa shape index (κ2) is 6.84. The van der Waals surface area contributed by atoms with Gasteiger partial charge in [-0.15, -0.1) is 0 Å². The molecule has 0 radical (unpaired) electrons. The van der Waals surface area contributed by atoms with Gasteiger partial charge in [0.2, 0.25) is 0 Å². The molecule has 0 unspecified atom stereocenters. The van der Waals surface area contributed by atoms with E-state index in [0.29, 0.717) is 0 Å². The first kappa shape index (κ1) is 11.2. The molecule has 0 atom stereocenters. The highest BCUT2D eigenvalue weighted by atomic mass is 14.7. The summed E-state index contributed by atoms with van der Waals surface area (Å²) in [4.78, 5) is 4.23. The third kappa shape index (κ3) is 7.26. The van der Waals surface area contributed by atoms with Crippen molar-refractivity contribution in [3.63, 3.8) is 0 Å². The van der Waals surface area contributed by atoms with Gasteiger partial charge in [0.15, 0.2) is 0 Å². The van der Waals surface area contributed by atoms with Crippen LogP contribution in [0.5, 0.6) is 0 Å². The number of rotatable bonds is 5. The summed E-state index contributed by atoms with van der Waals surface area (Å²) in [5.74, 6) is 0. The predicted octanol–water partition coefficient (Wildman–Crippen LogP) is 3.73. The van der Waals surface area contributed by atoms with E-state index in [1.54, 1.807) is 6.21 Å². The first-order valence-corrected chi connectivity index (χ1v) is 4.53. The fourth-order valence-corrected chi connectivity index (χ4v) is 0.780. The number of unbranched alkanes of at least 4 members (excludes halogenated alkanes) is 2. The lowest BCUT2D eigenvalue weighted by Crippen LogP contribution is -1.76. The van der Waals surface area contributed by atoms with E-state index in [1.165, 1.54) is 12.8 Å². The number of aliphatic imine (C=N–C) groups is 1. The van der Waals surface area contributed by atoms with Crippen molar-refractivity contribution >= 4 is 6.21 Å². The summed E-state index contributed by atoms with van der Waals surface area (Å²) in [5.41, 5.74) is 2.09. The van der Waals surface area contributed by atoms with E-state index in [9.17, 15) is 0 Å². The molecule has 0 aliphatic heterocycles. The van der Waals surface area contributed by atoms with Crippen LogP contribution in [0.15, 0.2) is 28.9 Å². The average molecular weight is 165 g/mol. The lowest BCUT2D eigenvalue weighted by molar-refractivity contribution is 0.810. The second-order valence-electron chi connectivity index (χ2n) is 3.09. The minimum atomic E-state index is 0.998. The maximum atomic E-state index is 4.23. The van der Waals surface area contributed by atoms with E-state index in [-0.39, 0.29) is 0 Å². The monoisotopic (exact) mass is 165 g/mol. The maximum Gasteiger partial charge on any atom is 0.0332 e. The Morgan fingerprint density at radius 3 is 2.58 bits per heavy atom. The van der Waals surface area contributed by atoms with E-state index < -0.39 is 0 Å². The molecule has 0 spiro atoms. The summed E-state index contributed by atoms with van der Waals surface area (Å²) in [5, 5.41) is 0. The molecule has 0 amide bonds. The van der Waals surface area contributed by atoms with Crippen LogP contribution in [0.4, 0.5) is 0 Å². The summed E-state index contributed by atoms with van der Waals surface area (Å²) >= 11 is 0. The standard InChI is InChI=1S/C11H19N/c1-5-6-7-8-11(4)12-9-10(2)3/h8-9H,2,5-7H2,1,3-4H3/b11-8-,12-9?. The van der Waals surface area contributed by atoms with Crippen molar-refractivity contribution in [2.24, 2.45) is 4.99 Å². The molecule has 0 aromatic carbocycles. The van der Waals surface area contributed by atoms with E-state index in [1.807, 2.05) is 13.8 Å². The lowest BCUT2D eigenvalue weighted by Gasteiger charge is -1.92. The van der Waals surface area contributed by atoms with Gasteiger partial charge < -0.3 is 0 Å². The Morgan fingerprint density at radius 1 is 1.42 bits per heavy atom. The van der Waals surface area contributed by atoms with Crippen molar-refractivity contribution < 1.29 is 0 Å². The Labute approximate surface area is 75.9 Å². The Kier molecular flexibility index (Phi) is 6.35. The molecular formula is C11H19N. The normalized spacial score (nSPS) is 12.4. The van der Waals surface area contributed by atoms with Crippen LogP contribution in [-0.2, 0) is 0 Å². The first-order valence-electron chi connectivity index (χ1n) is 4.53. The third-order valence-electron chi connectivity index (χ3n) is 1.49. The molecule has 1 heteroatoms. The minimum Gasteiger partial charge on any atom is -0.262 e. The quantitative estimate of drug-likeness (QED) is 0.435. The Hall–Kier alpha value is -0.850. The van der Waals surface area contributed by atoms with E-state index in [4.69, 9.17) is 0 Å². The van der Waals surface area contributed by atoms with Gasteiger partial charge in [0.25, 0.3) is 0 Å². The van der Waals surface area contributed by atoms with Gasteiger partial charge in [-0.3, -0.25) is 4.99 Å². The van der Waals surface area contributed by atoms with Crippen molar-refractivity contribution in [2.45, 2.75) is 40.0 Å². The van der Waals surface area contributed by atoms with Crippen LogP contribution in [0.25, 0.3) is 0 Å². The number of hydrogen-bond acceptors (Lipinski definition) is 1. The van der Waals surface area contributed by atoms with Crippen molar-refractivity contribution in [1.29, 1.82) is 0 Å². The molecule has 0 aromatic heterocycles. The number of allylic oxidation sites excluding steroid dienone is 3. The second-order valence-corrected chi connectivity index (χ2v) is 3.09. The maximum absolute atomic E-state index is 4.23. The van der Waals surface area contributed by atoms with Crippen molar-refractivity contribution in [2.75, 3.05) is 0 Å². The highest BCUT2D eigenvalue weighted by Gasteiger charge is 1.83. The summed E-state index contributed by atoms with van der Waals surface area (Å²) < 4.78 is 0. The van der Waals surface area contributed by atoms with Crippen molar-refractivity contribution in [1.82, 2.24) is 0 Å². The Balaban J connectivity index is 3.77. The van der Waals surface area contributed by atoms with Crippen molar-refractivity contribution in [3.05, 3.63) is 23.9 Å². The van der Waals surface area contributed by atoms with Gasteiger partial charge in [-0.2, -0.15) is 0 Å². The summed E-state index contributed by atoms with van der Waals surface area (Å²) in [7, 11) is 0. The molecule has 0 saturated heterocycles. The molecule has 0 rings (SSSR count). The smallest absolute Gasteiger partial charge is 0.0332 e. The van der Waals surface area contributed by atoms with Crippen LogP contribution < -0.4 is 0 Å². The lowest BCUT2D eigenvalue weighted by atomic mass is 10.2. The molecule has 1 nitrogen and oxygen atoms in total. The van der Waals surface area contributed by atoms with Gasteiger partial charge in [0.05, 0.1) is 0 Å². The fourth-order valence-electron chi connectivity index (χ4n) is 0.780. The van der Waals surface area contributed by atoms with Crippen LogP contribution in [0.3, 0.4) is 0 Å². The van der Waals surface area contributed by atoms with Crippen molar-refractivity contribution in [3.8, 4) is 0 Å². The van der Waals surface area contributed by atoms with Crippen LogP contribution in [0, 0.1) is 0 Å². The highest BCUT2D eigenvalue weighted by molar-refractivity contribution is 5.77. The SMILES string of the molecule is C=C(C)C=N/C(C)=C\CCCC. The molecule has 0 fully saturated rings. The zero-order valence-electron chi connectivity index (χ0n) is 8.43. The molecular weight excluding hydrogens is 146 g/mol. The van der Waals surface area contributed by atoms with Gasteiger partial charge in [-0.25, -0.2) is 0 Å². The zero-order valence-corrected chi connectivity index (χ0v) is 8.43. The minimum absolute atomic E-state index is 0.998. The van der Waals surface area contributed by atoms with Crippen LogP contribution in [0.2, 0.25) is 0 Å². The number of nitrogens with zero attached hydrogens (tertiary/aromatic N) is 1.